The van der Waals surface area contributed by atoms with Gasteiger partial charge in [-0.25, -0.2) is 0 Å². The fourth-order valence-electron chi connectivity index (χ4n) is 1.53. The van der Waals surface area contributed by atoms with E-state index >= 15 is 0 Å². The third kappa shape index (κ3) is 8.10. The van der Waals surface area contributed by atoms with Crippen LogP contribution in [0.1, 0.15) is 59.3 Å². The molecule has 0 spiro atoms. The molecule has 0 aliphatic carbocycles. The van der Waals surface area contributed by atoms with Crippen LogP contribution in [0.15, 0.2) is 0 Å². The molecule has 1 atom stereocenters. The predicted octanol–water partition coefficient (Wildman–Crippen LogP) is 4.14. The van der Waals surface area contributed by atoms with Crippen molar-refractivity contribution in [3.8, 4) is 0 Å². The summed E-state index contributed by atoms with van der Waals surface area (Å²) in [5.74, 6) is -0.669. The van der Waals surface area contributed by atoms with E-state index in [1.54, 1.807) is 0 Å². The van der Waals surface area contributed by atoms with Crippen LogP contribution < -0.4 is 0 Å². The molecule has 1 N–H and O–H groups in total. The van der Waals surface area contributed by atoms with Crippen LogP contribution in [0.2, 0.25) is 0 Å². The highest BCUT2D eigenvalue weighted by Crippen LogP contribution is 2.24. The maximum absolute atomic E-state index is 10.9. The van der Waals surface area contributed by atoms with E-state index in [0.29, 0.717) is 0 Å². The third-order valence-electron chi connectivity index (χ3n) is 2.94. The fourth-order valence-corrected chi connectivity index (χ4v) is 2.88. The van der Waals surface area contributed by atoms with E-state index in [0.717, 1.165) is 21.4 Å². The lowest BCUT2D eigenvalue weighted by Crippen LogP contribution is -2.23. The molecule has 0 aliphatic rings. The zero-order chi connectivity index (χ0) is 12.4. The quantitative estimate of drug-likeness (QED) is 0.464. The maximum atomic E-state index is 10.9. The van der Waals surface area contributed by atoms with Gasteiger partial charge in [-0.2, -0.15) is 0 Å². The van der Waals surface area contributed by atoms with E-state index in [1.807, 2.05) is 13.8 Å². The topological polar surface area (TPSA) is 37.3 Å². The second-order valence-electron chi connectivity index (χ2n) is 5.10. The summed E-state index contributed by atoms with van der Waals surface area (Å²) in [6.07, 6.45) is 9.72. The summed E-state index contributed by atoms with van der Waals surface area (Å²) in [6, 6.07) is 0. The minimum atomic E-state index is -0.669. The molecule has 96 valence electrons. The van der Waals surface area contributed by atoms with E-state index in [2.05, 4.69) is 6.92 Å². The molecule has 16 heavy (non-hydrogen) atoms. The second kappa shape index (κ2) is 8.98. The number of hydrogen-bond donors (Lipinski definition) is 1. The first-order chi connectivity index (χ1) is 7.50. The molecule has 0 aromatic carbocycles. The highest BCUT2D eigenvalue weighted by molar-refractivity contribution is 7.37. The van der Waals surface area contributed by atoms with Gasteiger partial charge in [-0.15, -0.1) is 8.58 Å². The summed E-state index contributed by atoms with van der Waals surface area (Å²) < 4.78 is 0. The number of carboxylic acids is 1. The Morgan fingerprint density at radius 3 is 2.31 bits per heavy atom. The lowest BCUT2D eigenvalue weighted by Gasteiger charge is -2.18. The predicted molar refractivity (Wildman–Crippen MR) is 72.8 cm³/mol. The minimum absolute atomic E-state index is 0.537. The average molecular weight is 246 g/mol. The molecule has 0 bridgehead atoms. The summed E-state index contributed by atoms with van der Waals surface area (Å²) in [5.41, 5.74) is -0.537. The lowest BCUT2D eigenvalue weighted by molar-refractivity contribution is -0.147. The van der Waals surface area contributed by atoms with Crippen molar-refractivity contribution < 1.29 is 9.90 Å². The molecular formula is C13H27O2P. The Labute approximate surface area is 102 Å². The molecular weight excluding hydrogens is 219 g/mol. The van der Waals surface area contributed by atoms with Gasteiger partial charge in [0.1, 0.15) is 0 Å². The highest BCUT2D eigenvalue weighted by Gasteiger charge is 2.25. The summed E-state index contributed by atoms with van der Waals surface area (Å²) in [6.45, 7) is 5.87. The molecule has 0 aromatic rings. The smallest absolute Gasteiger partial charge is 0.309 e. The monoisotopic (exact) mass is 246 g/mol. The molecule has 1 unspecified atom stereocenters. The SMILES string of the molecule is CCCCPCCCCCC(C)(C)C(=O)O. The Hall–Kier alpha value is -0.100. The Balaban J connectivity index is 3.30. The first kappa shape index (κ1) is 15.9. The molecule has 0 aromatic heterocycles. The standard InChI is InChI=1S/C13H27O2P/c1-4-5-10-16-11-8-6-7-9-13(2,3)12(14)15/h16H,4-11H2,1-3H3,(H,14,15). The van der Waals surface area contributed by atoms with Gasteiger partial charge < -0.3 is 5.11 Å². The number of aliphatic carboxylic acids is 1. The van der Waals surface area contributed by atoms with Crippen molar-refractivity contribution >= 4 is 14.6 Å². The zero-order valence-electron chi connectivity index (χ0n) is 11.0. The van der Waals surface area contributed by atoms with Gasteiger partial charge in [-0.1, -0.05) is 26.2 Å². The van der Waals surface area contributed by atoms with Gasteiger partial charge in [0.25, 0.3) is 0 Å². The van der Waals surface area contributed by atoms with E-state index in [1.165, 1.54) is 38.0 Å². The Morgan fingerprint density at radius 1 is 1.12 bits per heavy atom. The van der Waals surface area contributed by atoms with Gasteiger partial charge in [0.05, 0.1) is 5.41 Å². The van der Waals surface area contributed by atoms with E-state index in [9.17, 15) is 4.79 Å². The molecule has 0 amide bonds. The molecule has 0 radical (unpaired) electrons. The Bertz CT molecular complexity index is 190. The van der Waals surface area contributed by atoms with E-state index < -0.39 is 11.4 Å². The van der Waals surface area contributed by atoms with E-state index in [-0.39, 0.29) is 0 Å². The third-order valence-corrected chi connectivity index (χ3v) is 4.36. The van der Waals surface area contributed by atoms with Crippen molar-refractivity contribution in [2.45, 2.75) is 59.3 Å². The molecule has 3 heteroatoms. The van der Waals surface area contributed by atoms with Crippen LogP contribution in [0.4, 0.5) is 0 Å². The van der Waals surface area contributed by atoms with Crippen molar-refractivity contribution in [2.24, 2.45) is 5.41 Å². The van der Waals surface area contributed by atoms with Gasteiger partial charge in [0.2, 0.25) is 0 Å². The summed E-state index contributed by atoms with van der Waals surface area (Å²) in [5, 5.41) is 8.94. The van der Waals surface area contributed by atoms with Crippen LogP contribution >= 0.6 is 8.58 Å². The van der Waals surface area contributed by atoms with Crippen LogP contribution in [0.5, 0.6) is 0 Å². The summed E-state index contributed by atoms with van der Waals surface area (Å²) in [4.78, 5) is 10.9. The number of carbonyl (C=O) groups is 1. The van der Waals surface area contributed by atoms with Crippen molar-refractivity contribution in [1.29, 1.82) is 0 Å². The first-order valence-corrected chi connectivity index (χ1v) is 7.86. The number of hydrogen-bond acceptors (Lipinski definition) is 1. The lowest BCUT2D eigenvalue weighted by atomic mass is 9.87. The number of carboxylic acid groups (broad SMARTS) is 1. The Morgan fingerprint density at radius 2 is 1.75 bits per heavy atom. The number of rotatable bonds is 10. The van der Waals surface area contributed by atoms with Crippen LogP contribution in [0.25, 0.3) is 0 Å². The Kier molecular flexibility index (Phi) is 8.93. The fraction of sp³-hybridized carbons (Fsp3) is 0.923. The zero-order valence-corrected chi connectivity index (χ0v) is 12.0. The van der Waals surface area contributed by atoms with Crippen LogP contribution in [-0.2, 0) is 4.79 Å². The maximum Gasteiger partial charge on any atom is 0.309 e. The van der Waals surface area contributed by atoms with Crippen molar-refractivity contribution in [3.63, 3.8) is 0 Å². The van der Waals surface area contributed by atoms with Gasteiger partial charge in [-0.05, 0) is 45.4 Å². The van der Waals surface area contributed by atoms with Crippen LogP contribution in [0.3, 0.4) is 0 Å². The second-order valence-corrected chi connectivity index (χ2v) is 6.60. The van der Waals surface area contributed by atoms with Crippen molar-refractivity contribution in [2.75, 3.05) is 12.3 Å². The molecule has 0 heterocycles. The molecule has 0 rings (SSSR count). The molecule has 0 aliphatic heterocycles. The van der Waals surface area contributed by atoms with Gasteiger partial charge in [0, 0.05) is 0 Å². The van der Waals surface area contributed by atoms with Crippen molar-refractivity contribution in [3.05, 3.63) is 0 Å². The molecule has 2 nitrogen and oxygen atoms in total. The largest absolute Gasteiger partial charge is 0.481 e. The van der Waals surface area contributed by atoms with Gasteiger partial charge >= 0.3 is 5.97 Å². The average Bonchev–Trinajstić information content (AvgIpc) is 2.21. The first-order valence-electron chi connectivity index (χ1n) is 6.45. The van der Waals surface area contributed by atoms with Crippen molar-refractivity contribution in [1.82, 2.24) is 0 Å². The normalized spacial score (nSPS) is 12.4. The number of unbranched alkanes of at least 4 members (excludes halogenated alkanes) is 3. The summed E-state index contributed by atoms with van der Waals surface area (Å²) in [7, 11) is 1.12. The van der Waals surface area contributed by atoms with Gasteiger partial charge in [-0.3, -0.25) is 4.79 Å². The van der Waals surface area contributed by atoms with Crippen LogP contribution in [0, 0.1) is 5.41 Å². The molecule has 0 fully saturated rings. The van der Waals surface area contributed by atoms with Crippen LogP contribution in [-0.4, -0.2) is 23.4 Å². The highest BCUT2D eigenvalue weighted by atomic mass is 31.1. The molecule has 0 saturated carbocycles. The summed E-state index contributed by atoms with van der Waals surface area (Å²) >= 11 is 0. The van der Waals surface area contributed by atoms with E-state index in [4.69, 9.17) is 5.11 Å². The molecule has 0 saturated heterocycles. The minimum Gasteiger partial charge on any atom is -0.481 e. The van der Waals surface area contributed by atoms with Gasteiger partial charge in [0.15, 0.2) is 0 Å².